The molecule has 2 nitrogen and oxygen atoms in total. The first-order chi connectivity index (χ1) is 6.24. The molecule has 0 unspecified atom stereocenters. The lowest BCUT2D eigenvalue weighted by Crippen LogP contribution is -2.22. The van der Waals surface area contributed by atoms with E-state index in [1.807, 2.05) is 0 Å². The normalized spacial score (nSPS) is 8.77. The molecule has 68 valence electrons. The number of rotatable bonds is 2. The number of carbonyl (C=O) groups excluding carboxylic acids is 1. The Bertz CT molecular complexity index is 361. The maximum Gasteiger partial charge on any atom is 0.262 e. The van der Waals surface area contributed by atoms with Gasteiger partial charge in [-0.25, -0.2) is 0 Å². The molecule has 0 aliphatic rings. The summed E-state index contributed by atoms with van der Waals surface area (Å²) in [5, 5.41) is 2.65. The predicted octanol–water partition coefficient (Wildman–Crippen LogP) is 2.15. The second-order valence-corrected chi connectivity index (χ2v) is 3.93. The fourth-order valence-corrected chi connectivity index (χ4v) is 1.70. The molecule has 0 saturated heterocycles. The summed E-state index contributed by atoms with van der Waals surface area (Å²) >= 11 is 6.94. The Morgan fingerprint density at radius 1 is 1.69 bits per heavy atom. The van der Waals surface area contributed by atoms with Crippen LogP contribution in [0.2, 0.25) is 4.34 Å². The Morgan fingerprint density at radius 2 is 2.46 bits per heavy atom. The molecule has 0 atom stereocenters. The van der Waals surface area contributed by atoms with Gasteiger partial charge in [0.25, 0.3) is 5.91 Å². The predicted molar refractivity (Wildman–Crippen MR) is 55.1 cm³/mol. The zero-order valence-corrected chi connectivity index (χ0v) is 8.63. The largest absolute Gasteiger partial charge is 0.340 e. The summed E-state index contributed by atoms with van der Waals surface area (Å²) in [7, 11) is 0. The second kappa shape index (κ2) is 4.90. The number of amides is 1. The van der Waals surface area contributed by atoms with Crippen LogP contribution in [0.4, 0.5) is 0 Å². The Kier molecular flexibility index (Phi) is 3.81. The van der Waals surface area contributed by atoms with Gasteiger partial charge >= 0.3 is 0 Å². The molecule has 0 saturated carbocycles. The Morgan fingerprint density at radius 3 is 3.00 bits per heavy atom. The number of nitrogens with one attached hydrogen (secondary N) is 1. The quantitative estimate of drug-likeness (QED) is 0.750. The summed E-state index contributed by atoms with van der Waals surface area (Å²) in [5.41, 5.74) is 0. The number of carbonyl (C=O) groups is 1. The third-order valence-corrected chi connectivity index (χ3v) is 2.54. The van der Waals surface area contributed by atoms with E-state index in [-0.39, 0.29) is 5.91 Å². The minimum Gasteiger partial charge on any atom is -0.340 e. The van der Waals surface area contributed by atoms with E-state index in [4.69, 9.17) is 11.6 Å². The zero-order chi connectivity index (χ0) is 9.68. The average molecular weight is 214 g/mol. The van der Waals surface area contributed by atoms with Crippen LogP contribution >= 0.6 is 22.9 Å². The van der Waals surface area contributed by atoms with E-state index in [1.165, 1.54) is 11.3 Å². The molecule has 1 rings (SSSR count). The van der Waals surface area contributed by atoms with Crippen LogP contribution in [0.3, 0.4) is 0 Å². The molecule has 0 fully saturated rings. The third-order valence-electron chi connectivity index (χ3n) is 1.31. The van der Waals surface area contributed by atoms with E-state index < -0.39 is 0 Å². The first-order valence-electron chi connectivity index (χ1n) is 3.67. The van der Waals surface area contributed by atoms with Crippen LogP contribution in [-0.2, 0) is 0 Å². The van der Waals surface area contributed by atoms with Crippen molar-refractivity contribution in [3.05, 3.63) is 21.3 Å². The van der Waals surface area contributed by atoms with Gasteiger partial charge < -0.3 is 5.32 Å². The second-order valence-electron chi connectivity index (χ2n) is 2.21. The van der Waals surface area contributed by atoms with Gasteiger partial charge in [0.15, 0.2) is 0 Å². The molecule has 0 aliphatic heterocycles. The first-order valence-corrected chi connectivity index (χ1v) is 4.86. The molecule has 1 aromatic heterocycles. The summed E-state index contributed by atoms with van der Waals surface area (Å²) in [5.74, 6) is 5.31. The molecule has 0 aliphatic carbocycles. The molecule has 0 spiro atoms. The summed E-state index contributed by atoms with van der Waals surface area (Å²) < 4.78 is 0.617. The SMILES string of the molecule is CC#CCNC(=O)c1ccc(Cl)s1. The van der Waals surface area contributed by atoms with Gasteiger partial charge in [-0.3, -0.25) is 4.79 Å². The molecule has 0 aromatic carbocycles. The van der Waals surface area contributed by atoms with Crippen molar-refractivity contribution in [2.45, 2.75) is 6.92 Å². The minimum atomic E-state index is -0.125. The van der Waals surface area contributed by atoms with Gasteiger partial charge in [-0.2, -0.15) is 0 Å². The van der Waals surface area contributed by atoms with Crippen LogP contribution in [0, 0.1) is 11.8 Å². The van der Waals surface area contributed by atoms with E-state index in [0.29, 0.717) is 15.8 Å². The van der Waals surface area contributed by atoms with Crippen molar-refractivity contribution < 1.29 is 4.79 Å². The van der Waals surface area contributed by atoms with Crippen molar-refractivity contribution in [1.82, 2.24) is 5.32 Å². The lowest BCUT2D eigenvalue weighted by atomic mass is 10.4. The van der Waals surface area contributed by atoms with Gasteiger partial charge in [-0.05, 0) is 19.1 Å². The average Bonchev–Trinajstić information content (AvgIpc) is 2.52. The monoisotopic (exact) mass is 213 g/mol. The van der Waals surface area contributed by atoms with E-state index in [2.05, 4.69) is 17.2 Å². The Hall–Kier alpha value is -0.980. The highest BCUT2D eigenvalue weighted by molar-refractivity contribution is 7.17. The molecule has 4 heteroatoms. The molecule has 1 amide bonds. The van der Waals surface area contributed by atoms with Crippen molar-refractivity contribution in [2.75, 3.05) is 6.54 Å². The van der Waals surface area contributed by atoms with Crippen molar-refractivity contribution >= 4 is 28.8 Å². The van der Waals surface area contributed by atoms with Crippen LogP contribution in [-0.4, -0.2) is 12.5 Å². The summed E-state index contributed by atoms with van der Waals surface area (Å²) in [6, 6.07) is 3.40. The first kappa shape index (κ1) is 10.1. The van der Waals surface area contributed by atoms with Crippen molar-refractivity contribution in [3.8, 4) is 11.8 Å². The number of hydrogen-bond donors (Lipinski definition) is 1. The van der Waals surface area contributed by atoms with Gasteiger partial charge in [0.2, 0.25) is 0 Å². The number of hydrogen-bond acceptors (Lipinski definition) is 2. The molecular formula is C9H8ClNOS. The number of halogens is 1. The van der Waals surface area contributed by atoms with Crippen molar-refractivity contribution in [2.24, 2.45) is 0 Å². The Balaban J connectivity index is 2.52. The van der Waals surface area contributed by atoms with Gasteiger partial charge in [-0.15, -0.1) is 17.3 Å². The van der Waals surface area contributed by atoms with Gasteiger partial charge in [0, 0.05) is 0 Å². The molecule has 1 N–H and O–H groups in total. The van der Waals surface area contributed by atoms with Crippen LogP contribution in [0.5, 0.6) is 0 Å². The fourth-order valence-electron chi connectivity index (χ4n) is 0.736. The maximum absolute atomic E-state index is 11.3. The van der Waals surface area contributed by atoms with E-state index in [9.17, 15) is 4.79 Å². The molecular weight excluding hydrogens is 206 g/mol. The van der Waals surface area contributed by atoms with Gasteiger partial charge in [0.05, 0.1) is 15.8 Å². The molecule has 13 heavy (non-hydrogen) atoms. The van der Waals surface area contributed by atoms with Crippen molar-refractivity contribution in [3.63, 3.8) is 0 Å². The highest BCUT2D eigenvalue weighted by Gasteiger charge is 2.06. The fraction of sp³-hybridized carbons (Fsp3) is 0.222. The van der Waals surface area contributed by atoms with Crippen LogP contribution < -0.4 is 5.32 Å². The van der Waals surface area contributed by atoms with Crippen LogP contribution in [0.15, 0.2) is 12.1 Å². The van der Waals surface area contributed by atoms with Crippen LogP contribution in [0.25, 0.3) is 0 Å². The molecule has 0 radical (unpaired) electrons. The minimum absolute atomic E-state index is 0.125. The lowest BCUT2D eigenvalue weighted by molar-refractivity contribution is 0.0963. The summed E-state index contributed by atoms with van der Waals surface area (Å²) in [4.78, 5) is 11.9. The van der Waals surface area contributed by atoms with E-state index in [0.717, 1.165) is 0 Å². The Labute approximate surface area is 85.9 Å². The standard InChI is InChI=1S/C9H8ClNOS/c1-2-3-6-11-9(12)7-4-5-8(10)13-7/h4-5H,6H2,1H3,(H,11,12). The maximum atomic E-state index is 11.3. The highest BCUT2D eigenvalue weighted by atomic mass is 35.5. The van der Waals surface area contributed by atoms with E-state index in [1.54, 1.807) is 19.1 Å². The highest BCUT2D eigenvalue weighted by Crippen LogP contribution is 2.20. The van der Waals surface area contributed by atoms with Crippen molar-refractivity contribution in [1.29, 1.82) is 0 Å². The molecule has 1 aromatic rings. The smallest absolute Gasteiger partial charge is 0.262 e. The van der Waals surface area contributed by atoms with E-state index >= 15 is 0 Å². The van der Waals surface area contributed by atoms with Crippen LogP contribution in [0.1, 0.15) is 16.6 Å². The number of thiophene rings is 1. The van der Waals surface area contributed by atoms with Gasteiger partial charge in [0.1, 0.15) is 0 Å². The lowest BCUT2D eigenvalue weighted by Gasteiger charge is -1.95. The van der Waals surface area contributed by atoms with Gasteiger partial charge in [-0.1, -0.05) is 17.5 Å². The summed E-state index contributed by atoms with van der Waals surface area (Å²) in [6.07, 6.45) is 0. The topological polar surface area (TPSA) is 29.1 Å². The zero-order valence-electron chi connectivity index (χ0n) is 7.06. The summed E-state index contributed by atoms with van der Waals surface area (Å²) in [6.45, 7) is 2.11. The third kappa shape index (κ3) is 3.10. The molecule has 1 heterocycles. The molecule has 0 bridgehead atoms.